The van der Waals surface area contributed by atoms with Crippen LogP contribution in [-0.4, -0.2) is 20.4 Å². The molecule has 0 amide bonds. The summed E-state index contributed by atoms with van der Waals surface area (Å²) in [7, 11) is 0. The molecule has 0 bridgehead atoms. The zero-order chi connectivity index (χ0) is 12.5. The normalized spacial score (nSPS) is 14.2. The van der Waals surface area contributed by atoms with Crippen molar-refractivity contribution in [2.75, 3.05) is 5.75 Å². The van der Waals surface area contributed by atoms with Crippen molar-refractivity contribution in [2.24, 2.45) is 0 Å². The summed E-state index contributed by atoms with van der Waals surface area (Å²) in [4.78, 5) is 16.5. The molecule has 2 heterocycles. The van der Waals surface area contributed by atoms with Gasteiger partial charge in [0.1, 0.15) is 5.56 Å². The van der Waals surface area contributed by atoms with Gasteiger partial charge in [0.2, 0.25) is 5.88 Å². The van der Waals surface area contributed by atoms with Gasteiger partial charge in [-0.25, -0.2) is 0 Å². The molecule has 1 aromatic carbocycles. The number of aromatic hydroxyl groups is 1. The third-order valence-electron chi connectivity index (χ3n) is 2.93. The molecule has 0 saturated heterocycles. The third kappa shape index (κ3) is 1.80. The van der Waals surface area contributed by atoms with E-state index in [4.69, 9.17) is 0 Å². The van der Waals surface area contributed by atoms with Crippen molar-refractivity contribution in [2.45, 2.75) is 18.1 Å². The van der Waals surface area contributed by atoms with Gasteiger partial charge in [-0.1, -0.05) is 42.1 Å². The monoisotopic (exact) mass is 260 g/mol. The molecule has 0 aliphatic carbocycles. The van der Waals surface area contributed by atoms with Gasteiger partial charge in [-0.3, -0.25) is 9.36 Å². The minimum absolute atomic E-state index is 0.157. The van der Waals surface area contributed by atoms with Crippen LogP contribution in [0.4, 0.5) is 0 Å². The van der Waals surface area contributed by atoms with Crippen LogP contribution in [0.2, 0.25) is 0 Å². The van der Waals surface area contributed by atoms with Crippen LogP contribution in [0.5, 0.6) is 5.88 Å². The number of hydrogen-bond acceptors (Lipinski definition) is 4. The SMILES string of the molecule is O=c1c(-c2ccccc2)c(O)nc2n1CCCS2. The first kappa shape index (κ1) is 11.3. The van der Waals surface area contributed by atoms with Crippen LogP contribution in [0.1, 0.15) is 6.42 Å². The first-order valence-corrected chi connectivity index (χ1v) is 6.78. The van der Waals surface area contributed by atoms with Gasteiger partial charge < -0.3 is 5.11 Å². The van der Waals surface area contributed by atoms with Crippen LogP contribution in [0, 0.1) is 0 Å². The lowest BCUT2D eigenvalue weighted by Gasteiger charge is -2.18. The molecule has 0 radical (unpaired) electrons. The summed E-state index contributed by atoms with van der Waals surface area (Å²) in [6, 6.07) is 9.17. The van der Waals surface area contributed by atoms with Crippen molar-refractivity contribution in [1.29, 1.82) is 0 Å². The number of nitrogens with zero attached hydrogens (tertiary/aromatic N) is 2. The number of benzene rings is 1. The molecule has 0 atom stereocenters. The molecule has 3 rings (SSSR count). The van der Waals surface area contributed by atoms with E-state index in [0.29, 0.717) is 22.8 Å². The molecule has 4 nitrogen and oxygen atoms in total. The van der Waals surface area contributed by atoms with E-state index in [1.54, 1.807) is 16.7 Å². The van der Waals surface area contributed by atoms with Crippen molar-refractivity contribution in [3.05, 3.63) is 40.7 Å². The predicted octanol–water partition coefficient (Wildman–Crippen LogP) is 2.11. The van der Waals surface area contributed by atoms with Crippen LogP contribution in [0.15, 0.2) is 40.3 Å². The fourth-order valence-electron chi connectivity index (χ4n) is 2.08. The Kier molecular flexibility index (Phi) is 2.83. The minimum Gasteiger partial charge on any atom is -0.493 e. The molecule has 0 unspecified atom stereocenters. The lowest BCUT2D eigenvalue weighted by Crippen LogP contribution is -2.27. The molecule has 0 saturated carbocycles. The summed E-state index contributed by atoms with van der Waals surface area (Å²) in [5.41, 5.74) is 0.844. The van der Waals surface area contributed by atoms with E-state index >= 15 is 0 Å². The quantitative estimate of drug-likeness (QED) is 0.798. The van der Waals surface area contributed by atoms with E-state index in [9.17, 15) is 9.90 Å². The number of fused-ring (bicyclic) bond motifs is 1. The smallest absolute Gasteiger partial charge is 0.265 e. The fourth-order valence-corrected chi connectivity index (χ4v) is 3.01. The first-order chi connectivity index (χ1) is 8.77. The largest absolute Gasteiger partial charge is 0.493 e. The highest BCUT2D eigenvalue weighted by atomic mass is 32.2. The molecular formula is C13H12N2O2S. The Morgan fingerprint density at radius 2 is 2.06 bits per heavy atom. The van der Waals surface area contributed by atoms with Gasteiger partial charge in [-0.15, -0.1) is 0 Å². The molecule has 0 spiro atoms. The topological polar surface area (TPSA) is 55.1 Å². The van der Waals surface area contributed by atoms with Gasteiger partial charge in [0, 0.05) is 12.3 Å². The van der Waals surface area contributed by atoms with Crippen LogP contribution in [0.25, 0.3) is 11.1 Å². The maximum Gasteiger partial charge on any atom is 0.265 e. The summed E-state index contributed by atoms with van der Waals surface area (Å²) < 4.78 is 1.65. The van der Waals surface area contributed by atoms with Crippen molar-refractivity contribution >= 4 is 11.8 Å². The van der Waals surface area contributed by atoms with Gasteiger partial charge in [0.05, 0.1) is 0 Å². The van der Waals surface area contributed by atoms with Gasteiger partial charge in [0.25, 0.3) is 5.56 Å². The first-order valence-electron chi connectivity index (χ1n) is 5.79. The molecule has 1 aliphatic rings. The van der Waals surface area contributed by atoms with Crippen molar-refractivity contribution in [3.63, 3.8) is 0 Å². The molecule has 0 fully saturated rings. The Morgan fingerprint density at radius 3 is 2.83 bits per heavy atom. The van der Waals surface area contributed by atoms with E-state index in [0.717, 1.165) is 12.2 Å². The van der Waals surface area contributed by atoms with Crippen LogP contribution in [0.3, 0.4) is 0 Å². The number of hydrogen-bond donors (Lipinski definition) is 1. The lowest BCUT2D eigenvalue weighted by atomic mass is 10.1. The predicted molar refractivity (Wildman–Crippen MR) is 70.9 cm³/mol. The summed E-state index contributed by atoms with van der Waals surface area (Å²) in [6.45, 7) is 0.675. The maximum absolute atomic E-state index is 12.4. The zero-order valence-electron chi connectivity index (χ0n) is 9.67. The lowest BCUT2D eigenvalue weighted by molar-refractivity contribution is 0.432. The molecule has 1 N–H and O–H groups in total. The van der Waals surface area contributed by atoms with Gasteiger partial charge in [-0.05, 0) is 12.0 Å². The van der Waals surface area contributed by atoms with Crippen molar-refractivity contribution in [3.8, 4) is 17.0 Å². The average molecular weight is 260 g/mol. The second kappa shape index (κ2) is 4.49. The Balaban J connectivity index is 2.25. The van der Waals surface area contributed by atoms with Gasteiger partial charge >= 0.3 is 0 Å². The summed E-state index contributed by atoms with van der Waals surface area (Å²) in [5.74, 6) is 0.767. The Bertz CT molecular complexity index is 637. The van der Waals surface area contributed by atoms with E-state index in [1.807, 2.05) is 18.2 Å². The van der Waals surface area contributed by atoms with Crippen molar-refractivity contribution < 1.29 is 5.11 Å². The maximum atomic E-state index is 12.4. The fraction of sp³-hybridized carbons (Fsp3) is 0.231. The van der Waals surface area contributed by atoms with Gasteiger partial charge in [-0.2, -0.15) is 4.98 Å². The van der Waals surface area contributed by atoms with Crippen LogP contribution in [-0.2, 0) is 6.54 Å². The highest BCUT2D eigenvalue weighted by molar-refractivity contribution is 7.99. The van der Waals surface area contributed by atoms with E-state index in [2.05, 4.69) is 4.98 Å². The molecule has 18 heavy (non-hydrogen) atoms. The van der Waals surface area contributed by atoms with E-state index in [-0.39, 0.29) is 11.4 Å². The summed E-state index contributed by atoms with van der Waals surface area (Å²) in [5, 5.41) is 10.6. The minimum atomic E-state index is -0.174. The Labute approximate surface area is 108 Å². The highest BCUT2D eigenvalue weighted by Gasteiger charge is 2.19. The highest BCUT2D eigenvalue weighted by Crippen LogP contribution is 2.28. The van der Waals surface area contributed by atoms with Gasteiger partial charge in [0.15, 0.2) is 5.16 Å². The van der Waals surface area contributed by atoms with Crippen molar-refractivity contribution in [1.82, 2.24) is 9.55 Å². The Morgan fingerprint density at radius 1 is 1.28 bits per heavy atom. The molecule has 1 aromatic heterocycles. The second-order valence-electron chi connectivity index (χ2n) is 4.12. The van der Waals surface area contributed by atoms with E-state index in [1.165, 1.54) is 11.8 Å². The van der Waals surface area contributed by atoms with Crippen LogP contribution < -0.4 is 5.56 Å². The molecule has 1 aliphatic heterocycles. The van der Waals surface area contributed by atoms with Crippen LogP contribution >= 0.6 is 11.8 Å². The summed E-state index contributed by atoms with van der Waals surface area (Å²) in [6.07, 6.45) is 0.957. The third-order valence-corrected chi connectivity index (χ3v) is 4.00. The Hall–Kier alpha value is -1.75. The second-order valence-corrected chi connectivity index (χ2v) is 5.18. The number of rotatable bonds is 1. The zero-order valence-corrected chi connectivity index (χ0v) is 10.5. The van der Waals surface area contributed by atoms with E-state index < -0.39 is 0 Å². The standard InChI is InChI=1S/C13H12N2O2S/c16-11-10(9-5-2-1-3-6-9)12(17)15-7-4-8-18-13(15)14-11/h1-3,5-6,16H,4,7-8H2. The average Bonchev–Trinajstić information content (AvgIpc) is 2.40. The number of aromatic nitrogens is 2. The molecule has 2 aromatic rings. The molecule has 5 heteroatoms. The molecule has 92 valence electrons. The number of thioether (sulfide) groups is 1. The molecular weight excluding hydrogens is 248 g/mol. The summed E-state index contributed by atoms with van der Waals surface area (Å²) >= 11 is 1.51.